The molecule has 0 bridgehead atoms. The maximum absolute atomic E-state index is 11.6. The molecule has 1 fully saturated rings. The molecule has 1 aromatic carbocycles. The van der Waals surface area contributed by atoms with E-state index in [-0.39, 0.29) is 0 Å². The van der Waals surface area contributed by atoms with Gasteiger partial charge in [0, 0.05) is 22.2 Å². The number of rotatable bonds is 5. The summed E-state index contributed by atoms with van der Waals surface area (Å²) in [5.74, 6) is 0.557. The Labute approximate surface area is 120 Å². The highest BCUT2D eigenvalue weighted by molar-refractivity contribution is 5.99. The summed E-state index contributed by atoms with van der Waals surface area (Å²) in [5, 5.41) is 1.12. The van der Waals surface area contributed by atoms with Crippen molar-refractivity contribution in [3.8, 4) is 0 Å². The van der Waals surface area contributed by atoms with Gasteiger partial charge >= 0.3 is 0 Å². The van der Waals surface area contributed by atoms with Gasteiger partial charge in [-0.3, -0.25) is 4.79 Å². The molecule has 1 heterocycles. The van der Waals surface area contributed by atoms with Crippen LogP contribution in [0.5, 0.6) is 0 Å². The second-order valence-corrected chi connectivity index (χ2v) is 6.04. The van der Waals surface area contributed by atoms with Crippen molar-refractivity contribution in [3.05, 3.63) is 35.0 Å². The molecule has 0 radical (unpaired) electrons. The van der Waals surface area contributed by atoms with Crippen LogP contribution in [-0.4, -0.2) is 11.3 Å². The highest BCUT2D eigenvalue weighted by Gasteiger charge is 2.23. The van der Waals surface area contributed by atoms with Crippen molar-refractivity contribution in [2.75, 3.05) is 0 Å². The molecule has 1 saturated carbocycles. The number of unbranched alkanes of at least 4 members (excludes halogenated alkanes) is 1. The van der Waals surface area contributed by atoms with E-state index in [1.165, 1.54) is 49.8 Å². The van der Waals surface area contributed by atoms with E-state index in [9.17, 15) is 4.79 Å². The number of hydrogen-bond acceptors (Lipinski definition) is 1. The molecule has 1 aliphatic carbocycles. The summed E-state index contributed by atoms with van der Waals surface area (Å²) in [6, 6.07) is 6.55. The van der Waals surface area contributed by atoms with Gasteiger partial charge in [0.1, 0.15) is 0 Å². The summed E-state index contributed by atoms with van der Waals surface area (Å²) in [6.45, 7) is 2.21. The summed E-state index contributed by atoms with van der Waals surface area (Å²) < 4.78 is 0. The minimum Gasteiger partial charge on any atom is -0.358 e. The van der Waals surface area contributed by atoms with E-state index >= 15 is 0 Å². The van der Waals surface area contributed by atoms with Gasteiger partial charge in [-0.15, -0.1) is 0 Å². The molecule has 2 aromatic rings. The number of aryl methyl sites for hydroxylation is 1. The SMILES string of the molecule is CCCCc1ccc2[nH]c(C3CCCC3)c(C=O)c2c1. The third kappa shape index (κ3) is 2.39. The van der Waals surface area contributed by atoms with Gasteiger partial charge in [-0.05, 0) is 49.3 Å². The average molecular weight is 269 g/mol. The summed E-state index contributed by atoms with van der Waals surface area (Å²) in [5.41, 5.74) is 4.55. The maximum Gasteiger partial charge on any atom is 0.152 e. The first kappa shape index (κ1) is 13.4. The number of carbonyl (C=O) groups is 1. The van der Waals surface area contributed by atoms with Crippen LogP contribution in [-0.2, 0) is 6.42 Å². The largest absolute Gasteiger partial charge is 0.358 e. The molecular weight excluding hydrogens is 246 g/mol. The van der Waals surface area contributed by atoms with E-state index in [2.05, 4.69) is 30.1 Å². The average Bonchev–Trinajstić information content (AvgIpc) is 3.11. The topological polar surface area (TPSA) is 32.9 Å². The van der Waals surface area contributed by atoms with Crippen LogP contribution in [0.25, 0.3) is 10.9 Å². The molecule has 0 unspecified atom stereocenters. The molecule has 0 aliphatic heterocycles. The Hall–Kier alpha value is -1.57. The number of fused-ring (bicyclic) bond motifs is 1. The Morgan fingerprint density at radius 3 is 2.80 bits per heavy atom. The first-order valence-corrected chi connectivity index (χ1v) is 7.93. The minimum absolute atomic E-state index is 0.557. The molecule has 2 nitrogen and oxygen atoms in total. The number of aromatic amines is 1. The lowest BCUT2D eigenvalue weighted by Crippen LogP contribution is -1.96. The third-order valence-electron chi connectivity index (χ3n) is 4.63. The Kier molecular flexibility index (Phi) is 3.90. The fourth-order valence-corrected chi connectivity index (χ4v) is 3.48. The highest BCUT2D eigenvalue weighted by Crippen LogP contribution is 2.37. The van der Waals surface area contributed by atoms with Gasteiger partial charge < -0.3 is 4.98 Å². The highest BCUT2D eigenvalue weighted by atomic mass is 16.1. The number of hydrogen-bond donors (Lipinski definition) is 1. The second-order valence-electron chi connectivity index (χ2n) is 6.04. The molecule has 1 aromatic heterocycles. The molecular formula is C18H23NO. The number of benzene rings is 1. The van der Waals surface area contributed by atoms with E-state index in [4.69, 9.17) is 0 Å². The van der Waals surface area contributed by atoms with E-state index in [0.29, 0.717) is 5.92 Å². The maximum atomic E-state index is 11.6. The molecule has 0 spiro atoms. The van der Waals surface area contributed by atoms with E-state index in [1.807, 2.05) is 0 Å². The molecule has 2 heteroatoms. The summed E-state index contributed by atoms with van der Waals surface area (Å²) in [7, 11) is 0. The quantitative estimate of drug-likeness (QED) is 0.763. The fraction of sp³-hybridized carbons (Fsp3) is 0.500. The molecule has 0 saturated heterocycles. The predicted octanol–water partition coefficient (Wildman–Crippen LogP) is 4.98. The standard InChI is InChI=1S/C18H23NO/c1-2-3-6-13-9-10-17-15(11-13)16(12-20)18(19-17)14-7-4-5-8-14/h9-12,14,19H,2-8H2,1H3. The summed E-state index contributed by atoms with van der Waals surface area (Å²) in [6.07, 6.45) is 9.60. The second kappa shape index (κ2) is 5.82. The third-order valence-corrected chi connectivity index (χ3v) is 4.63. The van der Waals surface area contributed by atoms with Gasteiger partial charge in [-0.1, -0.05) is 32.3 Å². The van der Waals surface area contributed by atoms with Gasteiger partial charge in [0.15, 0.2) is 6.29 Å². The number of H-pyrrole nitrogens is 1. The number of nitrogens with one attached hydrogen (secondary N) is 1. The smallest absolute Gasteiger partial charge is 0.152 e. The van der Waals surface area contributed by atoms with Crippen LogP contribution in [0.3, 0.4) is 0 Å². The first-order valence-electron chi connectivity index (χ1n) is 7.93. The number of aromatic nitrogens is 1. The van der Waals surface area contributed by atoms with Crippen LogP contribution in [0.4, 0.5) is 0 Å². The van der Waals surface area contributed by atoms with Crippen molar-refractivity contribution < 1.29 is 4.79 Å². The lowest BCUT2D eigenvalue weighted by molar-refractivity contribution is 0.112. The molecule has 20 heavy (non-hydrogen) atoms. The molecule has 1 aliphatic rings. The van der Waals surface area contributed by atoms with Gasteiger partial charge in [0.25, 0.3) is 0 Å². The predicted molar refractivity (Wildman–Crippen MR) is 83.5 cm³/mol. The van der Waals surface area contributed by atoms with Gasteiger partial charge in [-0.25, -0.2) is 0 Å². The van der Waals surface area contributed by atoms with Crippen molar-refractivity contribution >= 4 is 17.2 Å². The number of carbonyl (C=O) groups excluding carboxylic acids is 1. The van der Waals surface area contributed by atoms with Gasteiger partial charge in [0.2, 0.25) is 0 Å². The van der Waals surface area contributed by atoms with E-state index in [0.717, 1.165) is 29.2 Å². The van der Waals surface area contributed by atoms with E-state index in [1.54, 1.807) is 0 Å². The van der Waals surface area contributed by atoms with Crippen molar-refractivity contribution in [1.29, 1.82) is 0 Å². The Bertz CT molecular complexity index is 605. The van der Waals surface area contributed by atoms with Crippen molar-refractivity contribution in [2.45, 2.75) is 57.8 Å². The van der Waals surface area contributed by atoms with Crippen LogP contribution in [0.2, 0.25) is 0 Å². The number of aldehydes is 1. The van der Waals surface area contributed by atoms with Crippen molar-refractivity contribution in [2.24, 2.45) is 0 Å². The zero-order valence-electron chi connectivity index (χ0n) is 12.2. The molecule has 0 amide bonds. The molecule has 106 valence electrons. The first-order chi connectivity index (χ1) is 9.83. The molecule has 3 rings (SSSR count). The molecule has 0 atom stereocenters. The fourth-order valence-electron chi connectivity index (χ4n) is 3.48. The van der Waals surface area contributed by atoms with Crippen LogP contribution in [0.1, 0.15) is 73.0 Å². The molecule has 1 N–H and O–H groups in total. The van der Waals surface area contributed by atoms with Crippen LogP contribution >= 0.6 is 0 Å². The minimum atomic E-state index is 0.557. The van der Waals surface area contributed by atoms with Crippen LogP contribution in [0, 0.1) is 0 Å². The van der Waals surface area contributed by atoms with Crippen LogP contribution < -0.4 is 0 Å². The lowest BCUT2D eigenvalue weighted by atomic mass is 9.98. The summed E-state index contributed by atoms with van der Waals surface area (Å²) >= 11 is 0. The zero-order chi connectivity index (χ0) is 13.9. The van der Waals surface area contributed by atoms with Gasteiger partial charge in [0.05, 0.1) is 0 Å². The Balaban J connectivity index is 2.02. The normalized spacial score (nSPS) is 16.1. The Morgan fingerprint density at radius 2 is 2.10 bits per heavy atom. The Morgan fingerprint density at radius 1 is 1.30 bits per heavy atom. The monoisotopic (exact) mass is 269 g/mol. The zero-order valence-corrected chi connectivity index (χ0v) is 12.2. The van der Waals surface area contributed by atoms with Crippen molar-refractivity contribution in [3.63, 3.8) is 0 Å². The van der Waals surface area contributed by atoms with Gasteiger partial charge in [-0.2, -0.15) is 0 Å². The summed E-state index contributed by atoms with van der Waals surface area (Å²) in [4.78, 5) is 15.1. The van der Waals surface area contributed by atoms with E-state index < -0.39 is 0 Å². The van der Waals surface area contributed by atoms with Crippen LogP contribution in [0.15, 0.2) is 18.2 Å². The lowest BCUT2D eigenvalue weighted by Gasteiger charge is -2.07. The van der Waals surface area contributed by atoms with Crippen molar-refractivity contribution in [1.82, 2.24) is 4.98 Å².